The molecule has 1 aromatic heterocycles. The summed E-state index contributed by atoms with van der Waals surface area (Å²) in [5.74, 6) is 0. The molecule has 0 atom stereocenters. The monoisotopic (exact) mass is 320 g/mol. The van der Waals surface area contributed by atoms with Gasteiger partial charge in [-0.25, -0.2) is 13.1 Å². The van der Waals surface area contributed by atoms with Crippen molar-refractivity contribution >= 4 is 33.1 Å². The summed E-state index contributed by atoms with van der Waals surface area (Å²) in [6.07, 6.45) is 5.46. The van der Waals surface area contributed by atoms with Crippen LogP contribution in [-0.2, 0) is 16.6 Å². The molecule has 0 radical (unpaired) electrons. The first-order chi connectivity index (χ1) is 9.03. The molecule has 108 valence electrons. The van der Waals surface area contributed by atoms with Gasteiger partial charge in [-0.2, -0.15) is 11.8 Å². The largest absolute Gasteiger partial charge is 0.315 e. The van der Waals surface area contributed by atoms with Crippen LogP contribution in [0.15, 0.2) is 16.3 Å². The number of hydrogen-bond donors (Lipinski definition) is 2. The number of sulfonamides is 1. The van der Waals surface area contributed by atoms with E-state index in [2.05, 4.69) is 16.3 Å². The maximum atomic E-state index is 12.4. The van der Waals surface area contributed by atoms with E-state index in [4.69, 9.17) is 0 Å². The molecule has 1 saturated carbocycles. The fraction of sp³-hybridized carbons (Fsp3) is 0.667. The number of thioether (sulfide) groups is 1. The zero-order valence-electron chi connectivity index (χ0n) is 11.2. The molecule has 0 aliphatic heterocycles. The van der Waals surface area contributed by atoms with E-state index in [9.17, 15) is 8.42 Å². The molecule has 4 nitrogen and oxygen atoms in total. The van der Waals surface area contributed by atoms with Crippen LogP contribution < -0.4 is 10.0 Å². The van der Waals surface area contributed by atoms with E-state index in [1.165, 1.54) is 17.8 Å². The van der Waals surface area contributed by atoms with Gasteiger partial charge in [0.2, 0.25) is 10.0 Å². The number of hydrogen-bond acceptors (Lipinski definition) is 5. The molecule has 1 heterocycles. The minimum atomic E-state index is -3.38. The average molecular weight is 321 g/mol. The van der Waals surface area contributed by atoms with Crippen molar-refractivity contribution in [3.05, 3.63) is 16.3 Å². The lowest BCUT2D eigenvalue weighted by Gasteiger charge is -2.40. The van der Waals surface area contributed by atoms with Crippen LogP contribution in [0.4, 0.5) is 0 Å². The maximum absolute atomic E-state index is 12.4. The van der Waals surface area contributed by atoms with Crippen molar-refractivity contribution in [3.63, 3.8) is 0 Å². The van der Waals surface area contributed by atoms with Gasteiger partial charge in [-0.3, -0.25) is 0 Å². The Morgan fingerprint density at radius 2 is 2.21 bits per heavy atom. The second-order valence-electron chi connectivity index (χ2n) is 4.80. The third-order valence-electron chi connectivity index (χ3n) is 3.61. The molecule has 1 aliphatic rings. The zero-order chi connectivity index (χ0) is 13.9. The van der Waals surface area contributed by atoms with Crippen molar-refractivity contribution in [1.29, 1.82) is 0 Å². The van der Waals surface area contributed by atoms with E-state index in [-0.39, 0.29) is 4.75 Å². The van der Waals surface area contributed by atoms with Gasteiger partial charge in [-0.1, -0.05) is 6.42 Å². The lowest BCUT2D eigenvalue weighted by molar-refractivity contribution is 0.362. The van der Waals surface area contributed by atoms with Crippen LogP contribution in [0.5, 0.6) is 0 Å². The molecule has 2 N–H and O–H groups in total. The Morgan fingerprint density at radius 1 is 1.47 bits per heavy atom. The van der Waals surface area contributed by atoms with E-state index in [1.807, 2.05) is 12.4 Å². The minimum Gasteiger partial charge on any atom is -0.315 e. The van der Waals surface area contributed by atoms with Crippen molar-refractivity contribution in [2.75, 3.05) is 19.8 Å². The minimum absolute atomic E-state index is 0.117. The zero-order valence-corrected chi connectivity index (χ0v) is 13.7. The highest BCUT2D eigenvalue weighted by atomic mass is 32.2. The summed E-state index contributed by atoms with van der Waals surface area (Å²) in [6.45, 7) is 1.12. The molecular weight excluding hydrogens is 300 g/mol. The van der Waals surface area contributed by atoms with Gasteiger partial charge in [-0.15, -0.1) is 11.3 Å². The van der Waals surface area contributed by atoms with Gasteiger partial charge in [0.15, 0.2) is 0 Å². The van der Waals surface area contributed by atoms with Gasteiger partial charge in [0.05, 0.1) is 4.90 Å². The van der Waals surface area contributed by atoms with Gasteiger partial charge >= 0.3 is 0 Å². The molecule has 0 amide bonds. The van der Waals surface area contributed by atoms with Gasteiger partial charge in [-0.05, 0) is 37.6 Å². The first-order valence-corrected chi connectivity index (χ1v) is 9.87. The first kappa shape index (κ1) is 15.3. The Labute approximate surface area is 123 Å². The molecule has 0 bridgehead atoms. The van der Waals surface area contributed by atoms with Crippen molar-refractivity contribution in [3.8, 4) is 0 Å². The van der Waals surface area contributed by atoms with Crippen LogP contribution in [0.25, 0.3) is 0 Å². The van der Waals surface area contributed by atoms with Crippen LogP contribution >= 0.6 is 23.1 Å². The molecule has 2 rings (SSSR count). The molecular formula is C12H20N2O2S3. The van der Waals surface area contributed by atoms with Crippen molar-refractivity contribution in [2.24, 2.45) is 0 Å². The molecule has 0 saturated heterocycles. The second kappa shape index (κ2) is 6.13. The summed E-state index contributed by atoms with van der Waals surface area (Å²) < 4.78 is 27.6. The van der Waals surface area contributed by atoms with Crippen LogP contribution in [0, 0.1) is 0 Å². The summed E-state index contributed by atoms with van der Waals surface area (Å²) >= 11 is 3.25. The highest BCUT2D eigenvalue weighted by Crippen LogP contribution is 2.42. The van der Waals surface area contributed by atoms with E-state index in [0.29, 0.717) is 18.0 Å². The molecule has 0 spiro atoms. The lowest BCUT2D eigenvalue weighted by atomic mass is 9.84. The maximum Gasteiger partial charge on any atom is 0.241 e. The highest BCUT2D eigenvalue weighted by Gasteiger charge is 2.37. The summed E-state index contributed by atoms with van der Waals surface area (Å²) in [6, 6.07) is 1.69. The summed E-state index contributed by atoms with van der Waals surface area (Å²) in [4.78, 5) is 1.28. The highest BCUT2D eigenvalue weighted by molar-refractivity contribution is 8.00. The molecule has 1 aromatic rings. The summed E-state index contributed by atoms with van der Waals surface area (Å²) in [7, 11) is -1.56. The Bertz CT molecular complexity index is 515. The Kier molecular flexibility index (Phi) is 4.94. The smallest absolute Gasteiger partial charge is 0.241 e. The van der Waals surface area contributed by atoms with E-state index in [0.717, 1.165) is 17.7 Å². The second-order valence-corrected chi connectivity index (χ2v) is 8.81. The van der Waals surface area contributed by atoms with Gasteiger partial charge < -0.3 is 5.32 Å². The van der Waals surface area contributed by atoms with E-state index in [1.54, 1.807) is 17.8 Å². The first-order valence-electron chi connectivity index (χ1n) is 6.29. The van der Waals surface area contributed by atoms with Gasteiger partial charge in [0.1, 0.15) is 0 Å². The Balaban J connectivity index is 2.07. The quantitative estimate of drug-likeness (QED) is 0.807. The molecule has 1 aliphatic carbocycles. The standard InChI is InChI=1S/C12H20N2O2S3/c1-13-8-10-11(4-7-18-10)19(15,16)14-9-12(17-2)5-3-6-12/h4,7,13-14H,3,5-6,8-9H2,1-2H3. The Hall–Kier alpha value is -0.0800. The van der Waals surface area contributed by atoms with Crippen LogP contribution in [-0.4, -0.2) is 33.0 Å². The van der Waals surface area contributed by atoms with Crippen LogP contribution in [0.1, 0.15) is 24.1 Å². The molecule has 7 heteroatoms. The fourth-order valence-electron chi connectivity index (χ4n) is 2.19. The van der Waals surface area contributed by atoms with Gasteiger partial charge in [0, 0.05) is 22.7 Å². The van der Waals surface area contributed by atoms with Crippen molar-refractivity contribution in [2.45, 2.75) is 35.4 Å². The topological polar surface area (TPSA) is 58.2 Å². The third-order valence-corrected chi connectivity index (χ3v) is 7.57. The predicted molar refractivity (Wildman–Crippen MR) is 82.4 cm³/mol. The average Bonchev–Trinajstić information content (AvgIpc) is 2.78. The molecule has 0 unspecified atom stereocenters. The summed E-state index contributed by atoms with van der Waals surface area (Å²) in [5.41, 5.74) is 0. The van der Waals surface area contributed by atoms with E-state index >= 15 is 0 Å². The van der Waals surface area contributed by atoms with Crippen LogP contribution in [0.3, 0.4) is 0 Å². The van der Waals surface area contributed by atoms with E-state index < -0.39 is 10.0 Å². The fourth-order valence-corrected chi connectivity index (χ4v) is 5.77. The van der Waals surface area contributed by atoms with Crippen LogP contribution in [0.2, 0.25) is 0 Å². The summed E-state index contributed by atoms with van der Waals surface area (Å²) in [5, 5.41) is 4.83. The molecule has 1 fully saturated rings. The van der Waals surface area contributed by atoms with Gasteiger partial charge in [0.25, 0.3) is 0 Å². The SMILES string of the molecule is CNCc1sccc1S(=O)(=O)NCC1(SC)CCC1. The predicted octanol–water partition coefficient (Wildman–Crippen LogP) is 2.03. The Morgan fingerprint density at radius 3 is 2.74 bits per heavy atom. The normalized spacial score (nSPS) is 18.2. The number of rotatable bonds is 7. The lowest BCUT2D eigenvalue weighted by Crippen LogP contribution is -2.45. The molecule has 19 heavy (non-hydrogen) atoms. The van der Waals surface area contributed by atoms with Crippen molar-refractivity contribution < 1.29 is 8.42 Å². The molecule has 0 aromatic carbocycles. The third kappa shape index (κ3) is 3.33. The number of nitrogens with one attached hydrogen (secondary N) is 2. The van der Waals surface area contributed by atoms with Crippen molar-refractivity contribution in [1.82, 2.24) is 10.0 Å². The number of thiophene rings is 1.